The molecule has 0 aliphatic carbocycles. The summed E-state index contributed by atoms with van der Waals surface area (Å²) in [6.45, 7) is 1.27. The standard InChI is InChI=1S/C17H15ClN4O/c18-11-4-1-3-10(9-11)14-12-5-2-6-13-15(12)22(8-7-20-13)17(23)16(19)21-14/h1-6,9,16,20H,7-8,19H2/t16-/m0/s1. The molecule has 0 bridgehead atoms. The third-order valence-electron chi connectivity index (χ3n) is 4.10. The van der Waals surface area contributed by atoms with E-state index in [1.807, 2.05) is 42.5 Å². The van der Waals surface area contributed by atoms with E-state index in [0.29, 0.717) is 23.8 Å². The topological polar surface area (TPSA) is 70.7 Å². The summed E-state index contributed by atoms with van der Waals surface area (Å²) in [5.41, 5.74) is 10.2. The van der Waals surface area contributed by atoms with Gasteiger partial charge in [-0.15, -0.1) is 0 Å². The zero-order valence-corrected chi connectivity index (χ0v) is 13.0. The molecule has 23 heavy (non-hydrogen) atoms. The number of halogens is 1. The number of hydrogen-bond acceptors (Lipinski definition) is 4. The number of nitrogens with two attached hydrogens (primary N) is 1. The van der Waals surface area contributed by atoms with E-state index in [9.17, 15) is 4.79 Å². The molecule has 2 aromatic rings. The molecule has 1 amide bonds. The molecule has 0 saturated heterocycles. The van der Waals surface area contributed by atoms with Crippen LogP contribution in [0.3, 0.4) is 0 Å². The summed E-state index contributed by atoms with van der Waals surface area (Å²) in [4.78, 5) is 18.8. The molecule has 2 aromatic carbocycles. The van der Waals surface area contributed by atoms with Crippen molar-refractivity contribution < 1.29 is 4.79 Å². The highest BCUT2D eigenvalue weighted by atomic mass is 35.5. The minimum atomic E-state index is -0.915. The summed E-state index contributed by atoms with van der Waals surface area (Å²) in [6, 6.07) is 13.3. The van der Waals surface area contributed by atoms with Crippen molar-refractivity contribution in [1.29, 1.82) is 0 Å². The van der Waals surface area contributed by atoms with Gasteiger partial charge < -0.3 is 16.0 Å². The number of para-hydroxylation sites is 1. The summed E-state index contributed by atoms with van der Waals surface area (Å²) >= 11 is 6.12. The van der Waals surface area contributed by atoms with Gasteiger partial charge in [-0.2, -0.15) is 0 Å². The Hall–Kier alpha value is -2.37. The molecule has 0 spiro atoms. The average molecular weight is 327 g/mol. The Morgan fingerprint density at radius 2 is 2.09 bits per heavy atom. The lowest BCUT2D eigenvalue weighted by atomic mass is 9.98. The van der Waals surface area contributed by atoms with Crippen LogP contribution in [0.25, 0.3) is 0 Å². The van der Waals surface area contributed by atoms with Gasteiger partial charge in [0.15, 0.2) is 6.17 Å². The van der Waals surface area contributed by atoms with Gasteiger partial charge in [0.05, 0.1) is 17.1 Å². The Kier molecular flexibility index (Phi) is 3.32. The molecule has 116 valence electrons. The highest BCUT2D eigenvalue weighted by Gasteiger charge is 2.33. The summed E-state index contributed by atoms with van der Waals surface area (Å²) in [6.07, 6.45) is -0.915. The molecule has 0 unspecified atom stereocenters. The van der Waals surface area contributed by atoms with Crippen molar-refractivity contribution in [2.24, 2.45) is 10.7 Å². The van der Waals surface area contributed by atoms with E-state index in [1.165, 1.54) is 0 Å². The van der Waals surface area contributed by atoms with E-state index in [2.05, 4.69) is 10.3 Å². The SMILES string of the molecule is N[C@H]1N=C(c2cccc(Cl)c2)c2cccc3c2N(CCN3)C1=O. The van der Waals surface area contributed by atoms with E-state index in [-0.39, 0.29) is 5.91 Å². The van der Waals surface area contributed by atoms with Gasteiger partial charge in [0.25, 0.3) is 5.91 Å². The quantitative estimate of drug-likeness (QED) is 0.844. The van der Waals surface area contributed by atoms with Crippen LogP contribution in [-0.4, -0.2) is 30.9 Å². The molecule has 1 atom stereocenters. The van der Waals surface area contributed by atoms with Gasteiger partial charge >= 0.3 is 0 Å². The molecule has 0 fully saturated rings. The number of carbonyl (C=O) groups is 1. The number of nitrogens with zero attached hydrogens (tertiary/aromatic N) is 2. The largest absolute Gasteiger partial charge is 0.382 e. The van der Waals surface area contributed by atoms with Crippen molar-refractivity contribution in [3.8, 4) is 0 Å². The Balaban J connectivity index is 1.99. The summed E-state index contributed by atoms with van der Waals surface area (Å²) < 4.78 is 0. The second kappa shape index (κ2) is 5.37. The number of aliphatic imine (C=N–C) groups is 1. The van der Waals surface area contributed by atoms with E-state index in [1.54, 1.807) is 4.90 Å². The Bertz CT molecular complexity index is 833. The first-order valence-electron chi connectivity index (χ1n) is 7.43. The van der Waals surface area contributed by atoms with Crippen molar-refractivity contribution in [3.05, 3.63) is 58.6 Å². The van der Waals surface area contributed by atoms with Crippen molar-refractivity contribution in [1.82, 2.24) is 0 Å². The van der Waals surface area contributed by atoms with Crippen molar-refractivity contribution in [2.75, 3.05) is 23.3 Å². The summed E-state index contributed by atoms with van der Waals surface area (Å²) in [7, 11) is 0. The lowest BCUT2D eigenvalue weighted by Crippen LogP contribution is -2.46. The molecular weight excluding hydrogens is 312 g/mol. The third-order valence-corrected chi connectivity index (χ3v) is 4.33. The van der Waals surface area contributed by atoms with E-state index < -0.39 is 6.17 Å². The number of carbonyl (C=O) groups excluding carboxylic acids is 1. The maximum atomic E-state index is 12.6. The first-order valence-corrected chi connectivity index (χ1v) is 7.81. The first kappa shape index (κ1) is 14.2. The lowest BCUT2D eigenvalue weighted by Gasteiger charge is -2.31. The third kappa shape index (κ3) is 2.29. The predicted octanol–water partition coefficient (Wildman–Crippen LogP) is 2.23. The van der Waals surface area contributed by atoms with Crippen LogP contribution in [-0.2, 0) is 4.79 Å². The van der Waals surface area contributed by atoms with Crippen molar-refractivity contribution >= 4 is 34.6 Å². The normalized spacial score (nSPS) is 19.6. The molecule has 3 N–H and O–H groups in total. The molecule has 4 rings (SSSR count). The monoisotopic (exact) mass is 326 g/mol. The number of benzene rings is 2. The predicted molar refractivity (Wildman–Crippen MR) is 92.4 cm³/mol. The van der Waals surface area contributed by atoms with E-state index in [4.69, 9.17) is 17.3 Å². The van der Waals surface area contributed by atoms with Gasteiger partial charge in [-0.1, -0.05) is 35.9 Å². The zero-order valence-electron chi connectivity index (χ0n) is 12.3. The molecule has 0 radical (unpaired) electrons. The van der Waals surface area contributed by atoms with Gasteiger partial charge in [0.2, 0.25) is 0 Å². The van der Waals surface area contributed by atoms with Gasteiger partial charge in [0, 0.05) is 29.2 Å². The van der Waals surface area contributed by atoms with Crippen LogP contribution in [0.5, 0.6) is 0 Å². The second-order valence-electron chi connectivity index (χ2n) is 5.55. The van der Waals surface area contributed by atoms with Crippen LogP contribution in [0.15, 0.2) is 47.5 Å². The maximum Gasteiger partial charge on any atom is 0.266 e. The minimum absolute atomic E-state index is 0.183. The lowest BCUT2D eigenvalue weighted by molar-refractivity contribution is -0.119. The Morgan fingerprint density at radius 1 is 1.26 bits per heavy atom. The summed E-state index contributed by atoms with van der Waals surface area (Å²) in [5.74, 6) is -0.183. The molecule has 0 saturated carbocycles. The van der Waals surface area contributed by atoms with Crippen molar-refractivity contribution in [2.45, 2.75) is 6.17 Å². The second-order valence-corrected chi connectivity index (χ2v) is 5.99. The zero-order chi connectivity index (χ0) is 16.0. The number of rotatable bonds is 1. The average Bonchev–Trinajstić information content (AvgIpc) is 2.67. The molecule has 6 heteroatoms. The number of nitrogens with one attached hydrogen (secondary N) is 1. The van der Waals surface area contributed by atoms with Gasteiger partial charge in [-0.25, -0.2) is 0 Å². The summed E-state index contributed by atoms with van der Waals surface area (Å²) in [5, 5.41) is 3.95. The number of amides is 1. The molecular formula is C17H15ClN4O. The Morgan fingerprint density at radius 3 is 2.91 bits per heavy atom. The van der Waals surface area contributed by atoms with Crippen LogP contribution in [0, 0.1) is 0 Å². The first-order chi connectivity index (χ1) is 11.1. The Labute approximate surface area is 138 Å². The molecule has 2 heterocycles. The van der Waals surface area contributed by atoms with Crippen LogP contribution in [0.4, 0.5) is 11.4 Å². The van der Waals surface area contributed by atoms with Crippen LogP contribution < -0.4 is 16.0 Å². The molecule has 2 aliphatic rings. The van der Waals surface area contributed by atoms with Crippen LogP contribution in [0.1, 0.15) is 11.1 Å². The fourth-order valence-electron chi connectivity index (χ4n) is 3.09. The molecule has 5 nitrogen and oxygen atoms in total. The fraction of sp³-hybridized carbons (Fsp3) is 0.176. The van der Waals surface area contributed by atoms with E-state index >= 15 is 0 Å². The minimum Gasteiger partial charge on any atom is -0.382 e. The van der Waals surface area contributed by atoms with Gasteiger partial charge in [0.1, 0.15) is 0 Å². The highest BCUT2D eigenvalue weighted by Crippen LogP contribution is 2.36. The van der Waals surface area contributed by atoms with Crippen LogP contribution in [0.2, 0.25) is 5.02 Å². The van der Waals surface area contributed by atoms with Crippen molar-refractivity contribution in [3.63, 3.8) is 0 Å². The van der Waals surface area contributed by atoms with Crippen LogP contribution >= 0.6 is 11.6 Å². The van der Waals surface area contributed by atoms with Gasteiger partial charge in [-0.3, -0.25) is 9.79 Å². The number of hydrogen-bond donors (Lipinski definition) is 2. The molecule has 0 aromatic heterocycles. The highest BCUT2D eigenvalue weighted by molar-refractivity contribution is 6.31. The van der Waals surface area contributed by atoms with Gasteiger partial charge in [-0.05, 0) is 18.2 Å². The molecule has 2 aliphatic heterocycles. The fourth-order valence-corrected chi connectivity index (χ4v) is 3.28. The maximum absolute atomic E-state index is 12.6. The smallest absolute Gasteiger partial charge is 0.266 e. The van der Waals surface area contributed by atoms with E-state index in [0.717, 1.165) is 22.5 Å². The number of anilines is 2.